The van der Waals surface area contributed by atoms with Crippen molar-refractivity contribution in [3.63, 3.8) is 0 Å². The fourth-order valence-corrected chi connectivity index (χ4v) is 3.91. The number of hydroxylamine groups is 1. The Kier molecular flexibility index (Phi) is 7.06. The predicted molar refractivity (Wildman–Crippen MR) is 113 cm³/mol. The van der Waals surface area contributed by atoms with Gasteiger partial charge >= 0.3 is 0 Å². The molecule has 0 radical (unpaired) electrons. The third-order valence-corrected chi connectivity index (χ3v) is 5.21. The number of nitrogens with zero attached hydrogens (tertiary/aromatic N) is 1. The van der Waals surface area contributed by atoms with E-state index in [0.29, 0.717) is 11.5 Å². The van der Waals surface area contributed by atoms with Crippen LogP contribution < -0.4 is 11.2 Å². The van der Waals surface area contributed by atoms with Crippen molar-refractivity contribution in [2.75, 3.05) is 18.8 Å². The summed E-state index contributed by atoms with van der Waals surface area (Å²) in [5, 5.41) is 0. The molecule has 0 spiro atoms. The minimum Gasteiger partial charge on any atom is -0.398 e. The number of nitrogen functional groups attached to an aromatic ring is 1. The summed E-state index contributed by atoms with van der Waals surface area (Å²) in [6, 6.07) is 17.4. The second-order valence-electron chi connectivity index (χ2n) is 7.95. The van der Waals surface area contributed by atoms with Gasteiger partial charge in [0.05, 0.1) is 6.10 Å². The van der Waals surface area contributed by atoms with Crippen LogP contribution >= 0.6 is 0 Å². The summed E-state index contributed by atoms with van der Waals surface area (Å²) in [6.45, 7) is 6.50. The molecule has 1 amide bonds. The molecule has 1 fully saturated rings. The highest BCUT2D eigenvalue weighted by atomic mass is 16.7. The molecule has 3 N–H and O–H groups in total. The topological polar surface area (TPSA) is 67.6 Å². The summed E-state index contributed by atoms with van der Waals surface area (Å²) in [5.41, 5.74) is 11.5. The Morgan fingerprint density at radius 2 is 1.89 bits per heavy atom. The zero-order valence-corrected chi connectivity index (χ0v) is 16.8. The average molecular weight is 382 g/mol. The Morgan fingerprint density at radius 3 is 2.61 bits per heavy atom. The molecule has 2 aromatic carbocycles. The Hall–Kier alpha value is -2.37. The average Bonchev–Trinajstić information content (AvgIpc) is 2.89. The van der Waals surface area contributed by atoms with Crippen LogP contribution in [-0.4, -0.2) is 30.0 Å². The molecular formula is C23H31N3O2. The molecule has 1 heterocycles. The lowest BCUT2D eigenvalue weighted by Gasteiger charge is -2.33. The number of rotatable bonds is 6. The molecule has 3 rings (SSSR count). The quantitative estimate of drug-likeness (QED) is 0.582. The molecular weight excluding hydrogens is 350 g/mol. The number of para-hydroxylation sites is 1. The van der Waals surface area contributed by atoms with Crippen LogP contribution in [0, 0.1) is 5.92 Å². The van der Waals surface area contributed by atoms with Crippen molar-refractivity contribution in [3.8, 4) is 0 Å². The monoisotopic (exact) mass is 381 g/mol. The number of hydrogen-bond donors (Lipinski definition) is 2. The van der Waals surface area contributed by atoms with E-state index in [4.69, 9.17) is 10.6 Å². The highest BCUT2D eigenvalue weighted by Crippen LogP contribution is 2.34. The minimum absolute atomic E-state index is 0.0468. The number of nitrogens with two attached hydrogens (primary N) is 1. The maximum Gasteiger partial charge on any atom is 0.274 e. The standard InChI is InChI=1S/C23H31N3O2/c1-17(2)16-26-14-8-11-19(15-22(26)20-12-6-7-13-21(20)24)28-25-23(27)18-9-4-3-5-10-18/h3-7,9-10,12-13,17,19,22H,8,11,14-16,24H2,1-2H3,(H,25,27). The van der Waals surface area contributed by atoms with Gasteiger partial charge in [0.1, 0.15) is 0 Å². The van der Waals surface area contributed by atoms with E-state index < -0.39 is 0 Å². The van der Waals surface area contributed by atoms with E-state index in [0.717, 1.165) is 43.6 Å². The van der Waals surface area contributed by atoms with Gasteiger partial charge in [0.25, 0.3) is 5.91 Å². The van der Waals surface area contributed by atoms with Crippen LogP contribution in [0.1, 0.15) is 55.1 Å². The van der Waals surface area contributed by atoms with Crippen LogP contribution in [0.3, 0.4) is 0 Å². The van der Waals surface area contributed by atoms with Crippen molar-refractivity contribution in [1.29, 1.82) is 0 Å². The molecule has 150 valence electrons. The van der Waals surface area contributed by atoms with E-state index in [-0.39, 0.29) is 18.1 Å². The van der Waals surface area contributed by atoms with Crippen LogP contribution in [0.2, 0.25) is 0 Å². The summed E-state index contributed by atoms with van der Waals surface area (Å²) in [6.07, 6.45) is 2.69. The Morgan fingerprint density at radius 1 is 1.18 bits per heavy atom. The van der Waals surface area contributed by atoms with Crippen LogP contribution in [-0.2, 0) is 4.84 Å². The summed E-state index contributed by atoms with van der Waals surface area (Å²) >= 11 is 0. The van der Waals surface area contributed by atoms with Gasteiger partial charge in [-0.3, -0.25) is 14.5 Å². The van der Waals surface area contributed by atoms with Crippen LogP contribution in [0.5, 0.6) is 0 Å². The minimum atomic E-state index is -0.209. The molecule has 2 atom stereocenters. The van der Waals surface area contributed by atoms with Crippen molar-refractivity contribution in [2.24, 2.45) is 5.92 Å². The Balaban J connectivity index is 1.72. The van der Waals surface area contributed by atoms with Crippen LogP contribution in [0.4, 0.5) is 5.69 Å². The fraction of sp³-hybridized carbons (Fsp3) is 0.435. The largest absolute Gasteiger partial charge is 0.398 e. The zero-order chi connectivity index (χ0) is 19.9. The second kappa shape index (κ2) is 9.71. The van der Waals surface area contributed by atoms with E-state index in [2.05, 4.69) is 30.3 Å². The van der Waals surface area contributed by atoms with E-state index in [1.807, 2.05) is 36.4 Å². The Bertz CT molecular complexity index is 763. The molecule has 0 aliphatic carbocycles. The van der Waals surface area contributed by atoms with Crippen LogP contribution in [0.15, 0.2) is 54.6 Å². The number of benzene rings is 2. The van der Waals surface area contributed by atoms with Crippen molar-refractivity contribution in [2.45, 2.75) is 45.3 Å². The van der Waals surface area contributed by atoms with Crippen molar-refractivity contribution < 1.29 is 9.63 Å². The van der Waals surface area contributed by atoms with E-state index in [9.17, 15) is 4.79 Å². The van der Waals surface area contributed by atoms with Crippen LogP contribution in [0.25, 0.3) is 0 Å². The molecule has 0 aromatic heterocycles. The molecule has 1 aliphatic heterocycles. The van der Waals surface area contributed by atoms with Crippen molar-refractivity contribution >= 4 is 11.6 Å². The maximum atomic E-state index is 12.3. The molecule has 5 heteroatoms. The van der Waals surface area contributed by atoms with Gasteiger partial charge in [-0.2, -0.15) is 0 Å². The van der Waals surface area contributed by atoms with Gasteiger partial charge in [0.15, 0.2) is 0 Å². The number of hydrogen-bond acceptors (Lipinski definition) is 4. The highest BCUT2D eigenvalue weighted by molar-refractivity contribution is 5.93. The zero-order valence-electron chi connectivity index (χ0n) is 16.8. The molecule has 1 saturated heterocycles. The van der Waals surface area contributed by atoms with Crippen molar-refractivity contribution in [3.05, 3.63) is 65.7 Å². The summed E-state index contributed by atoms with van der Waals surface area (Å²) < 4.78 is 0. The molecule has 0 saturated carbocycles. The number of amides is 1. The summed E-state index contributed by atoms with van der Waals surface area (Å²) in [5.74, 6) is 0.363. The van der Waals surface area contributed by atoms with Gasteiger partial charge in [-0.1, -0.05) is 50.2 Å². The lowest BCUT2D eigenvalue weighted by molar-refractivity contribution is -0.0276. The maximum absolute atomic E-state index is 12.3. The van der Waals surface area contributed by atoms with Crippen molar-refractivity contribution in [1.82, 2.24) is 10.4 Å². The lowest BCUT2D eigenvalue weighted by atomic mass is 9.97. The van der Waals surface area contributed by atoms with Gasteiger partial charge in [-0.05, 0) is 55.5 Å². The molecule has 5 nitrogen and oxygen atoms in total. The van der Waals surface area contributed by atoms with E-state index in [1.54, 1.807) is 12.1 Å². The normalized spacial score (nSPS) is 20.7. The SMILES string of the molecule is CC(C)CN1CCCC(ONC(=O)c2ccccc2)CC1c1ccccc1N. The van der Waals surface area contributed by atoms with Gasteiger partial charge in [0.2, 0.25) is 0 Å². The summed E-state index contributed by atoms with van der Waals surface area (Å²) in [4.78, 5) is 20.7. The molecule has 1 aliphatic rings. The molecule has 0 bridgehead atoms. The van der Waals surface area contributed by atoms with Gasteiger partial charge in [-0.25, -0.2) is 5.48 Å². The number of carbonyl (C=O) groups is 1. The molecule has 2 aromatic rings. The third kappa shape index (κ3) is 5.33. The van der Waals surface area contributed by atoms with Gasteiger partial charge < -0.3 is 5.73 Å². The smallest absolute Gasteiger partial charge is 0.274 e. The first-order valence-corrected chi connectivity index (χ1v) is 10.1. The number of anilines is 1. The first kappa shape index (κ1) is 20.4. The highest BCUT2D eigenvalue weighted by Gasteiger charge is 2.30. The van der Waals surface area contributed by atoms with Gasteiger partial charge in [-0.15, -0.1) is 0 Å². The predicted octanol–water partition coefficient (Wildman–Crippen LogP) is 4.18. The molecule has 2 unspecified atom stereocenters. The third-order valence-electron chi connectivity index (χ3n) is 5.21. The number of nitrogens with one attached hydrogen (secondary N) is 1. The lowest BCUT2D eigenvalue weighted by Crippen LogP contribution is -2.34. The fourth-order valence-electron chi connectivity index (χ4n) is 3.91. The van der Waals surface area contributed by atoms with E-state index in [1.165, 1.54) is 0 Å². The number of likely N-dealkylation sites (tertiary alicyclic amines) is 1. The first-order valence-electron chi connectivity index (χ1n) is 10.1. The van der Waals surface area contributed by atoms with E-state index >= 15 is 0 Å². The number of carbonyl (C=O) groups excluding carboxylic acids is 1. The van der Waals surface area contributed by atoms with Gasteiger partial charge in [0, 0.05) is 23.8 Å². The first-order chi connectivity index (χ1) is 13.5. The molecule has 28 heavy (non-hydrogen) atoms. The Labute approximate surface area is 167 Å². The second-order valence-corrected chi connectivity index (χ2v) is 7.95. The summed E-state index contributed by atoms with van der Waals surface area (Å²) in [7, 11) is 0.